The highest BCUT2D eigenvalue weighted by Gasteiger charge is 2.35. The van der Waals surface area contributed by atoms with Crippen LogP contribution < -0.4 is 15.4 Å². The number of nitrogens with zero attached hydrogens (tertiary/aromatic N) is 1. The SMILES string of the molecule is COc1ccc(NC(=O)N2CC(C)(C)NC2=S)c(C)c1. The van der Waals surface area contributed by atoms with E-state index in [1.807, 2.05) is 39.0 Å². The predicted octanol–water partition coefficient (Wildman–Crippen LogP) is 2.50. The van der Waals surface area contributed by atoms with Gasteiger partial charge in [-0.05, 0) is 56.8 Å². The van der Waals surface area contributed by atoms with Gasteiger partial charge in [-0.1, -0.05) is 0 Å². The maximum Gasteiger partial charge on any atom is 0.328 e. The van der Waals surface area contributed by atoms with Crippen LogP contribution in [0.15, 0.2) is 18.2 Å². The van der Waals surface area contributed by atoms with Crippen molar-refractivity contribution in [3.05, 3.63) is 23.8 Å². The fourth-order valence-corrected chi connectivity index (χ4v) is 2.54. The minimum absolute atomic E-state index is 0.191. The molecule has 0 atom stereocenters. The van der Waals surface area contributed by atoms with Gasteiger partial charge in [0.25, 0.3) is 0 Å². The number of benzene rings is 1. The lowest BCUT2D eigenvalue weighted by Crippen LogP contribution is -2.37. The first-order valence-corrected chi connectivity index (χ1v) is 6.78. The average molecular weight is 293 g/mol. The summed E-state index contributed by atoms with van der Waals surface area (Å²) < 4.78 is 5.15. The molecule has 1 aliphatic rings. The number of carbonyl (C=O) groups is 1. The molecule has 5 nitrogen and oxygen atoms in total. The van der Waals surface area contributed by atoms with Crippen molar-refractivity contribution in [3.8, 4) is 5.75 Å². The zero-order valence-electron chi connectivity index (χ0n) is 12.1. The van der Waals surface area contributed by atoms with E-state index in [1.165, 1.54) is 0 Å². The van der Waals surface area contributed by atoms with Gasteiger partial charge >= 0.3 is 6.03 Å². The molecule has 0 saturated carbocycles. The molecule has 1 fully saturated rings. The summed E-state index contributed by atoms with van der Waals surface area (Å²) in [5.74, 6) is 0.764. The second-order valence-corrected chi connectivity index (χ2v) is 5.90. The van der Waals surface area contributed by atoms with Crippen LogP contribution in [-0.2, 0) is 0 Å². The minimum Gasteiger partial charge on any atom is -0.497 e. The molecular formula is C14H19N3O2S. The third-order valence-corrected chi connectivity index (χ3v) is 3.49. The number of hydrogen-bond acceptors (Lipinski definition) is 3. The number of anilines is 1. The smallest absolute Gasteiger partial charge is 0.328 e. The molecule has 1 heterocycles. The number of methoxy groups -OCH3 is 1. The van der Waals surface area contributed by atoms with Crippen LogP contribution >= 0.6 is 12.2 Å². The zero-order valence-corrected chi connectivity index (χ0v) is 12.9. The third kappa shape index (κ3) is 3.01. The van der Waals surface area contributed by atoms with Crippen molar-refractivity contribution in [3.63, 3.8) is 0 Å². The minimum atomic E-state index is -0.221. The molecule has 1 aromatic carbocycles. The Morgan fingerprint density at radius 3 is 2.70 bits per heavy atom. The third-order valence-electron chi connectivity index (χ3n) is 3.16. The molecular weight excluding hydrogens is 274 g/mol. The molecule has 6 heteroatoms. The normalized spacial score (nSPS) is 16.8. The zero-order chi connectivity index (χ0) is 14.9. The van der Waals surface area contributed by atoms with Crippen molar-refractivity contribution in [1.82, 2.24) is 10.2 Å². The summed E-state index contributed by atoms with van der Waals surface area (Å²) in [5, 5.41) is 6.45. The Morgan fingerprint density at radius 1 is 1.50 bits per heavy atom. The lowest BCUT2D eigenvalue weighted by molar-refractivity contribution is 0.233. The molecule has 1 saturated heterocycles. The lowest BCUT2D eigenvalue weighted by atomic mass is 10.1. The van der Waals surface area contributed by atoms with Gasteiger partial charge in [0.2, 0.25) is 0 Å². The Kier molecular flexibility index (Phi) is 3.85. The van der Waals surface area contributed by atoms with Gasteiger partial charge in [0.15, 0.2) is 5.11 Å². The average Bonchev–Trinajstić information content (AvgIpc) is 2.65. The summed E-state index contributed by atoms with van der Waals surface area (Å²) in [6, 6.07) is 5.29. The highest BCUT2D eigenvalue weighted by atomic mass is 32.1. The summed E-state index contributed by atoms with van der Waals surface area (Å²) in [4.78, 5) is 13.8. The second-order valence-electron chi connectivity index (χ2n) is 5.51. The molecule has 2 amide bonds. The van der Waals surface area contributed by atoms with Crippen molar-refractivity contribution in [2.24, 2.45) is 0 Å². The monoisotopic (exact) mass is 293 g/mol. The first-order chi connectivity index (χ1) is 9.32. The van der Waals surface area contributed by atoms with Gasteiger partial charge < -0.3 is 15.4 Å². The number of aryl methyl sites for hydroxylation is 1. The number of nitrogens with one attached hydrogen (secondary N) is 2. The molecule has 0 aliphatic carbocycles. The maximum absolute atomic E-state index is 12.3. The van der Waals surface area contributed by atoms with Crippen molar-refractivity contribution >= 4 is 29.0 Å². The molecule has 0 radical (unpaired) electrons. The highest BCUT2D eigenvalue weighted by molar-refractivity contribution is 7.80. The van der Waals surface area contributed by atoms with Gasteiger partial charge in [0.1, 0.15) is 5.75 Å². The van der Waals surface area contributed by atoms with Crippen LogP contribution in [0.25, 0.3) is 0 Å². The quantitative estimate of drug-likeness (QED) is 0.823. The molecule has 0 spiro atoms. The lowest BCUT2D eigenvalue weighted by Gasteiger charge is -2.18. The Bertz CT molecular complexity index is 557. The van der Waals surface area contributed by atoms with E-state index in [0.717, 1.165) is 17.0 Å². The van der Waals surface area contributed by atoms with E-state index in [0.29, 0.717) is 11.7 Å². The summed E-state index contributed by atoms with van der Waals surface area (Å²) >= 11 is 5.19. The number of amides is 2. The van der Waals surface area contributed by atoms with E-state index in [4.69, 9.17) is 17.0 Å². The van der Waals surface area contributed by atoms with E-state index in [2.05, 4.69) is 10.6 Å². The molecule has 20 heavy (non-hydrogen) atoms. The molecule has 1 aliphatic heterocycles. The summed E-state index contributed by atoms with van der Waals surface area (Å²) in [7, 11) is 1.61. The Hall–Kier alpha value is -1.82. The van der Waals surface area contributed by atoms with Gasteiger partial charge in [0.05, 0.1) is 19.2 Å². The van der Waals surface area contributed by atoms with Gasteiger partial charge in [-0.3, -0.25) is 4.90 Å². The molecule has 2 rings (SSSR count). The van der Waals surface area contributed by atoms with Crippen molar-refractivity contribution < 1.29 is 9.53 Å². The Labute approximate surface area is 124 Å². The van der Waals surface area contributed by atoms with Crippen LogP contribution in [0.2, 0.25) is 0 Å². The van der Waals surface area contributed by atoms with Crippen molar-refractivity contribution in [2.75, 3.05) is 19.0 Å². The summed E-state index contributed by atoms with van der Waals surface area (Å²) in [6.07, 6.45) is 0. The van der Waals surface area contributed by atoms with Crippen LogP contribution in [0.1, 0.15) is 19.4 Å². The highest BCUT2D eigenvalue weighted by Crippen LogP contribution is 2.22. The maximum atomic E-state index is 12.3. The van der Waals surface area contributed by atoms with Crippen LogP contribution in [0.4, 0.5) is 10.5 Å². The second kappa shape index (κ2) is 5.28. The number of ether oxygens (including phenoxy) is 1. The largest absolute Gasteiger partial charge is 0.497 e. The van der Waals surface area contributed by atoms with Crippen LogP contribution in [0.3, 0.4) is 0 Å². The number of thiocarbonyl (C=S) groups is 1. The molecule has 0 aromatic heterocycles. The standard InChI is InChI=1S/C14H19N3O2S/c1-9-7-10(19-4)5-6-11(9)15-12(18)17-8-14(2,3)16-13(17)20/h5-7H,8H2,1-4H3,(H,15,18)(H,16,20). The summed E-state index contributed by atoms with van der Waals surface area (Å²) in [5.41, 5.74) is 1.50. The first kappa shape index (κ1) is 14.6. The first-order valence-electron chi connectivity index (χ1n) is 6.38. The van der Waals surface area contributed by atoms with Gasteiger partial charge in [0, 0.05) is 5.69 Å². The van der Waals surface area contributed by atoms with E-state index in [1.54, 1.807) is 12.0 Å². The fraction of sp³-hybridized carbons (Fsp3) is 0.429. The van der Waals surface area contributed by atoms with Crippen LogP contribution in [0, 0.1) is 6.92 Å². The number of carbonyl (C=O) groups excluding carboxylic acids is 1. The van der Waals surface area contributed by atoms with Gasteiger partial charge in [-0.2, -0.15) is 0 Å². The number of hydrogen-bond donors (Lipinski definition) is 2. The van der Waals surface area contributed by atoms with Crippen molar-refractivity contribution in [1.29, 1.82) is 0 Å². The van der Waals surface area contributed by atoms with Gasteiger partial charge in [-0.15, -0.1) is 0 Å². The number of rotatable bonds is 2. The van der Waals surface area contributed by atoms with Crippen molar-refractivity contribution in [2.45, 2.75) is 26.3 Å². The van der Waals surface area contributed by atoms with Crippen LogP contribution in [-0.4, -0.2) is 35.2 Å². The molecule has 0 unspecified atom stereocenters. The molecule has 1 aromatic rings. The molecule has 108 valence electrons. The predicted molar refractivity (Wildman–Crippen MR) is 83.3 cm³/mol. The Balaban J connectivity index is 2.11. The Morgan fingerprint density at radius 2 is 2.20 bits per heavy atom. The van der Waals surface area contributed by atoms with E-state index in [-0.39, 0.29) is 11.6 Å². The van der Waals surface area contributed by atoms with E-state index < -0.39 is 0 Å². The topological polar surface area (TPSA) is 53.6 Å². The van der Waals surface area contributed by atoms with E-state index >= 15 is 0 Å². The van der Waals surface area contributed by atoms with Gasteiger partial charge in [-0.25, -0.2) is 4.79 Å². The van der Waals surface area contributed by atoms with Crippen LogP contribution in [0.5, 0.6) is 5.75 Å². The fourth-order valence-electron chi connectivity index (χ4n) is 2.11. The van der Waals surface area contributed by atoms with E-state index in [9.17, 15) is 4.79 Å². The number of urea groups is 1. The molecule has 2 N–H and O–H groups in total. The summed E-state index contributed by atoms with van der Waals surface area (Å²) in [6.45, 7) is 6.48. The molecule has 0 bridgehead atoms.